The van der Waals surface area contributed by atoms with E-state index in [4.69, 9.17) is 13.8 Å². The average molecular weight is 655 g/mol. The third-order valence-electron chi connectivity index (χ3n) is 9.69. The van der Waals surface area contributed by atoms with Crippen molar-refractivity contribution in [2.75, 3.05) is 4.90 Å². The number of rotatable bonds is 6. The Kier molecular flexibility index (Phi) is 6.78. The van der Waals surface area contributed by atoms with Crippen molar-refractivity contribution in [3.8, 4) is 33.7 Å². The van der Waals surface area contributed by atoms with E-state index in [0.717, 1.165) is 66.8 Å². The van der Waals surface area contributed by atoms with Gasteiger partial charge in [0.25, 0.3) is 0 Å². The number of aromatic nitrogens is 1. The molecule has 4 nitrogen and oxygen atoms in total. The number of fused-ring (bicyclic) bond motifs is 6. The van der Waals surface area contributed by atoms with Crippen LogP contribution in [0.3, 0.4) is 0 Å². The van der Waals surface area contributed by atoms with Gasteiger partial charge in [-0.05, 0) is 94.2 Å². The molecule has 10 aromatic rings. The minimum atomic E-state index is 0.591. The van der Waals surface area contributed by atoms with Gasteiger partial charge in [-0.25, -0.2) is 4.98 Å². The Balaban J connectivity index is 1.15. The van der Waals surface area contributed by atoms with Crippen LogP contribution >= 0.6 is 0 Å². The number of oxazole rings is 1. The smallest absolute Gasteiger partial charge is 0.227 e. The normalized spacial score (nSPS) is 11.5. The summed E-state index contributed by atoms with van der Waals surface area (Å²) in [6.07, 6.45) is 0. The van der Waals surface area contributed by atoms with Crippen LogP contribution in [0, 0.1) is 0 Å². The first kappa shape index (κ1) is 29.0. The average Bonchev–Trinajstić information content (AvgIpc) is 3.81. The molecule has 8 aromatic carbocycles. The first-order valence-electron chi connectivity index (χ1n) is 17.1. The highest BCUT2D eigenvalue weighted by molar-refractivity contribution is 6.17. The Hall–Kier alpha value is -6.91. The Morgan fingerprint density at radius 2 is 1.06 bits per heavy atom. The number of anilines is 3. The predicted octanol–water partition coefficient (Wildman–Crippen LogP) is 13.4. The molecule has 0 aliphatic heterocycles. The summed E-state index contributed by atoms with van der Waals surface area (Å²) in [5.74, 6) is 0.591. The molecule has 0 saturated carbocycles. The summed E-state index contributed by atoms with van der Waals surface area (Å²) < 4.78 is 12.7. The molecule has 0 saturated heterocycles. The van der Waals surface area contributed by atoms with E-state index >= 15 is 0 Å². The molecule has 0 radical (unpaired) electrons. The van der Waals surface area contributed by atoms with Gasteiger partial charge in [0.2, 0.25) is 5.89 Å². The highest BCUT2D eigenvalue weighted by Crippen LogP contribution is 2.44. The molecule has 10 rings (SSSR count). The zero-order chi connectivity index (χ0) is 33.7. The van der Waals surface area contributed by atoms with Gasteiger partial charge in [0, 0.05) is 27.9 Å². The number of hydrogen-bond acceptors (Lipinski definition) is 4. The summed E-state index contributed by atoms with van der Waals surface area (Å²) in [4.78, 5) is 7.33. The number of benzene rings is 8. The van der Waals surface area contributed by atoms with Gasteiger partial charge >= 0.3 is 0 Å². The van der Waals surface area contributed by atoms with Crippen molar-refractivity contribution >= 4 is 60.9 Å². The van der Waals surface area contributed by atoms with Crippen molar-refractivity contribution in [3.05, 3.63) is 182 Å². The van der Waals surface area contributed by atoms with E-state index < -0.39 is 0 Å². The second-order valence-corrected chi connectivity index (χ2v) is 12.8. The van der Waals surface area contributed by atoms with Crippen LogP contribution in [0.2, 0.25) is 0 Å². The quantitative estimate of drug-likeness (QED) is 0.179. The van der Waals surface area contributed by atoms with E-state index in [1.165, 1.54) is 21.9 Å². The third kappa shape index (κ3) is 5.04. The van der Waals surface area contributed by atoms with Crippen molar-refractivity contribution in [1.29, 1.82) is 0 Å². The van der Waals surface area contributed by atoms with Crippen LogP contribution in [0.5, 0.6) is 0 Å². The largest absolute Gasteiger partial charge is 0.456 e. The Bertz CT molecular complexity index is 2850. The van der Waals surface area contributed by atoms with Crippen molar-refractivity contribution in [2.24, 2.45) is 0 Å². The second kappa shape index (κ2) is 11.9. The van der Waals surface area contributed by atoms with Crippen LogP contribution in [0.25, 0.3) is 77.5 Å². The lowest BCUT2D eigenvalue weighted by molar-refractivity contribution is 0.619. The topological polar surface area (TPSA) is 42.4 Å². The van der Waals surface area contributed by atoms with Gasteiger partial charge < -0.3 is 13.7 Å². The molecule has 2 aromatic heterocycles. The molecule has 0 N–H and O–H groups in total. The molecular formula is C47H30N2O2. The highest BCUT2D eigenvalue weighted by Gasteiger charge is 2.21. The first-order chi connectivity index (χ1) is 25.3. The Morgan fingerprint density at radius 1 is 0.412 bits per heavy atom. The molecule has 51 heavy (non-hydrogen) atoms. The summed E-state index contributed by atoms with van der Waals surface area (Å²) in [6, 6.07) is 63.5. The highest BCUT2D eigenvalue weighted by atomic mass is 16.4. The zero-order valence-corrected chi connectivity index (χ0v) is 27.5. The molecule has 2 heterocycles. The van der Waals surface area contributed by atoms with Gasteiger partial charge in [-0.1, -0.05) is 115 Å². The maximum absolute atomic E-state index is 6.41. The minimum Gasteiger partial charge on any atom is -0.456 e. The first-order valence-corrected chi connectivity index (χ1v) is 17.1. The van der Waals surface area contributed by atoms with E-state index in [1.807, 2.05) is 42.5 Å². The third-order valence-corrected chi connectivity index (χ3v) is 9.69. The minimum absolute atomic E-state index is 0.591. The fourth-order valence-electron chi connectivity index (χ4n) is 7.21. The van der Waals surface area contributed by atoms with Crippen LogP contribution in [0.15, 0.2) is 191 Å². The summed E-state index contributed by atoms with van der Waals surface area (Å²) in [5, 5.41) is 4.40. The summed E-state index contributed by atoms with van der Waals surface area (Å²) in [6.45, 7) is 0. The molecule has 0 amide bonds. The van der Waals surface area contributed by atoms with Crippen LogP contribution < -0.4 is 4.90 Å². The Labute approximate surface area is 294 Å². The van der Waals surface area contributed by atoms with E-state index in [9.17, 15) is 0 Å². The van der Waals surface area contributed by atoms with E-state index in [-0.39, 0.29) is 0 Å². The molecule has 4 heteroatoms. The molecule has 0 atom stereocenters. The Morgan fingerprint density at radius 3 is 1.88 bits per heavy atom. The fourth-order valence-corrected chi connectivity index (χ4v) is 7.21. The van der Waals surface area contributed by atoms with Gasteiger partial charge in [0.05, 0.1) is 11.1 Å². The molecule has 0 aliphatic rings. The van der Waals surface area contributed by atoms with Crippen LogP contribution in [-0.2, 0) is 0 Å². The molecule has 0 spiro atoms. The van der Waals surface area contributed by atoms with Gasteiger partial charge in [-0.3, -0.25) is 0 Å². The van der Waals surface area contributed by atoms with E-state index in [0.29, 0.717) is 5.89 Å². The van der Waals surface area contributed by atoms with Crippen LogP contribution in [0.4, 0.5) is 17.1 Å². The number of para-hydroxylation sites is 1. The summed E-state index contributed by atoms with van der Waals surface area (Å²) >= 11 is 0. The number of hydrogen-bond donors (Lipinski definition) is 0. The lowest BCUT2D eigenvalue weighted by atomic mass is 9.99. The lowest BCUT2D eigenvalue weighted by Gasteiger charge is -2.28. The van der Waals surface area contributed by atoms with Crippen LogP contribution in [-0.4, -0.2) is 4.98 Å². The zero-order valence-electron chi connectivity index (χ0n) is 27.5. The van der Waals surface area contributed by atoms with Gasteiger partial charge in [0.1, 0.15) is 16.7 Å². The lowest BCUT2D eigenvalue weighted by Crippen LogP contribution is -2.11. The fraction of sp³-hybridized carbons (Fsp3) is 0. The van der Waals surface area contributed by atoms with Crippen molar-refractivity contribution in [2.45, 2.75) is 0 Å². The van der Waals surface area contributed by atoms with E-state index in [2.05, 4.69) is 144 Å². The SMILES string of the molecule is c1ccc(-c2nc3c(ccc4oc5ccc(N(c6ccc(-c7ccc8ccccc8c7)cc6)c6ccccc6-c6ccccc6)cc5c43)o2)cc1. The maximum atomic E-state index is 6.41. The molecule has 0 unspecified atom stereocenters. The molecule has 0 aliphatic carbocycles. The number of furan rings is 1. The molecule has 240 valence electrons. The molecular weight excluding hydrogens is 625 g/mol. The van der Waals surface area contributed by atoms with E-state index in [1.54, 1.807) is 0 Å². The van der Waals surface area contributed by atoms with Crippen molar-refractivity contribution in [1.82, 2.24) is 4.98 Å². The molecule has 0 bridgehead atoms. The van der Waals surface area contributed by atoms with Gasteiger partial charge in [-0.2, -0.15) is 0 Å². The number of nitrogens with zero attached hydrogens (tertiary/aromatic N) is 2. The van der Waals surface area contributed by atoms with Gasteiger partial charge in [0.15, 0.2) is 5.58 Å². The van der Waals surface area contributed by atoms with Crippen LogP contribution in [0.1, 0.15) is 0 Å². The van der Waals surface area contributed by atoms with Crippen molar-refractivity contribution in [3.63, 3.8) is 0 Å². The molecule has 0 fully saturated rings. The van der Waals surface area contributed by atoms with Gasteiger partial charge in [-0.15, -0.1) is 0 Å². The summed E-state index contributed by atoms with van der Waals surface area (Å²) in [5.41, 5.74) is 11.8. The van der Waals surface area contributed by atoms with Crippen molar-refractivity contribution < 1.29 is 8.83 Å². The maximum Gasteiger partial charge on any atom is 0.227 e. The summed E-state index contributed by atoms with van der Waals surface area (Å²) in [7, 11) is 0. The standard InChI is InChI=1S/C47H30N2O2/c1-3-12-33(13-4-1)39-17-9-10-18-41(39)49(37-23-21-32(22-24-37)36-20-19-31-11-7-8-16-35(31)29-36)38-25-26-42-40(30-38)45-43(50-42)27-28-44-46(45)48-47(51-44)34-14-5-2-6-15-34/h1-30H. The second-order valence-electron chi connectivity index (χ2n) is 12.8. The predicted molar refractivity (Wildman–Crippen MR) is 210 cm³/mol. The monoisotopic (exact) mass is 654 g/mol.